The van der Waals surface area contributed by atoms with Crippen molar-refractivity contribution < 1.29 is 18.0 Å². The molecule has 1 amide bonds. The number of hydrogen-bond donors (Lipinski definition) is 1. The van der Waals surface area contributed by atoms with E-state index >= 15 is 0 Å². The standard InChI is InChI=1S/C7H14N2O4S/c1-4-14(11,12)5-6(2)9-13-7(10)8-3/h4-5H2,1-3H3,(H,8,10). The summed E-state index contributed by atoms with van der Waals surface area (Å²) in [5.74, 6) is -0.152. The van der Waals surface area contributed by atoms with Gasteiger partial charge < -0.3 is 5.32 Å². The van der Waals surface area contributed by atoms with E-state index in [4.69, 9.17) is 0 Å². The van der Waals surface area contributed by atoms with E-state index in [2.05, 4.69) is 15.3 Å². The summed E-state index contributed by atoms with van der Waals surface area (Å²) in [5, 5.41) is 5.53. The molecule has 0 unspecified atom stereocenters. The zero-order valence-corrected chi connectivity index (χ0v) is 9.22. The van der Waals surface area contributed by atoms with E-state index in [9.17, 15) is 13.2 Å². The molecule has 6 nitrogen and oxygen atoms in total. The summed E-state index contributed by atoms with van der Waals surface area (Å²) < 4.78 is 22.2. The minimum Gasteiger partial charge on any atom is -0.323 e. The Bertz CT molecular complexity index is 321. The molecule has 0 radical (unpaired) electrons. The predicted octanol–water partition coefficient (Wildman–Crippen LogP) is 0.153. The summed E-state index contributed by atoms with van der Waals surface area (Å²) in [4.78, 5) is 14.9. The van der Waals surface area contributed by atoms with Gasteiger partial charge in [-0.3, -0.25) is 4.84 Å². The first-order chi connectivity index (χ1) is 6.41. The Labute approximate surface area is 83.2 Å². The van der Waals surface area contributed by atoms with Crippen molar-refractivity contribution >= 4 is 21.6 Å². The Balaban J connectivity index is 4.21. The van der Waals surface area contributed by atoms with Gasteiger partial charge in [-0.2, -0.15) is 0 Å². The number of sulfone groups is 1. The normalized spacial score (nSPS) is 12.4. The second-order valence-electron chi connectivity index (χ2n) is 2.63. The lowest BCUT2D eigenvalue weighted by molar-refractivity contribution is 0.153. The van der Waals surface area contributed by atoms with Crippen LogP contribution in [0.1, 0.15) is 13.8 Å². The zero-order valence-electron chi connectivity index (χ0n) is 8.40. The van der Waals surface area contributed by atoms with Gasteiger partial charge in [0.05, 0.1) is 11.5 Å². The minimum absolute atomic E-state index is 0.0415. The number of nitrogens with one attached hydrogen (secondary N) is 1. The summed E-state index contributed by atoms with van der Waals surface area (Å²) in [7, 11) is -1.73. The van der Waals surface area contributed by atoms with Gasteiger partial charge in [-0.05, 0) is 6.92 Å². The lowest BCUT2D eigenvalue weighted by Crippen LogP contribution is -2.19. The molecule has 0 aromatic heterocycles. The molecule has 14 heavy (non-hydrogen) atoms. The van der Waals surface area contributed by atoms with E-state index < -0.39 is 15.9 Å². The Morgan fingerprint density at radius 1 is 1.50 bits per heavy atom. The van der Waals surface area contributed by atoms with Crippen LogP contribution >= 0.6 is 0 Å². The fourth-order valence-electron chi connectivity index (χ4n) is 0.612. The third-order valence-electron chi connectivity index (χ3n) is 1.36. The molecule has 1 N–H and O–H groups in total. The Morgan fingerprint density at radius 3 is 2.50 bits per heavy atom. The quantitative estimate of drug-likeness (QED) is 0.417. The molecule has 0 aromatic rings. The average Bonchev–Trinajstić information content (AvgIpc) is 2.13. The first-order valence-corrected chi connectivity index (χ1v) is 5.86. The van der Waals surface area contributed by atoms with Crippen molar-refractivity contribution in [2.24, 2.45) is 5.16 Å². The highest BCUT2D eigenvalue weighted by molar-refractivity contribution is 7.92. The average molecular weight is 222 g/mol. The molecule has 0 saturated carbocycles. The fraction of sp³-hybridized carbons (Fsp3) is 0.714. The van der Waals surface area contributed by atoms with Crippen LogP contribution in [0, 0.1) is 0 Å². The van der Waals surface area contributed by atoms with Crippen molar-refractivity contribution in [3.63, 3.8) is 0 Å². The number of carbonyl (C=O) groups is 1. The first-order valence-electron chi connectivity index (χ1n) is 4.04. The van der Waals surface area contributed by atoms with Gasteiger partial charge in [-0.15, -0.1) is 0 Å². The van der Waals surface area contributed by atoms with Gasteiger partial charge >= 0.3 is 6.09 Å². The maximum absolute atomic E-state index is 11.1. The smallest absolute Gasteiger partial charge is 0.323 e. The highest BCUT2D eigenvalue weighted by Crippen LogP contribution is 1.92. The molecule has 0 atom stereocenters. The largest absolute Gasteiger partial charge is 0.433 e. The Hall–Kier alpha value is -1.11. The molecule has 0 rings (SSSR count). The van der Waals surface area contributed by atoms with Gasteiger partial charge in [0.2, 0.25) is 0 Å². The van der Waals surface area contributed by atoms with Crippen LogP contribution in [-0.4, -0.2) is 38.8 Å². The van der Waals surface area contributed by atoms with Gasteiger partial charge in [0.25, 0.3) is 0 Å². The maximum Gasteiger partial charge on any atom is 0.433 e. The Morgan fingerprint density at radius 2 is 2.07 bits per heavy atom. The number of rotatable bonds is 4. The van der Waals surface area contributed by atoms with E-state index in [0.29, 0.717) is 0 Å². The second kappa shape index (κ2) is 5.58. The molecule has 0 aromatic carbocycles. The van der Waals surface area contributed by atoms with E-state index in [1.165, 1.54) is 14.0 Å². The number of carbonyl (C=O) groups excluding carboxylic acids is 1. The van der Waals surface area contributed by atoms with Crippen LogP contribution in [0.15, 0.2) is 5.16 Å². The van der Waals surface area contributed by atoms with Crippen LogP contribution in [0.25, 0.3) is 0 Å². The topological polar surface area (TPSA) is 84.8 Å². The fourth-order valence-corrected chi connectivity index (χ4v) is 1.51. The van der Waals surface area contributed by atoms with E-state index in [1.807, 2.05) is 0 Å². The van der Waals surface area contributed by atoms with Crippen molar-refractivity contribution in [2.45, 2.75) is 13.8 Å². The van der Waals surface area contributed by atoms with Crippen molar-refractivity contribution in [3.05, 3.63) is 0 Å². The predicted molar refractivity (Wildman–Crippen MR) is 53.0 cm³/mol. The Kier molecular flexibility index (Phi) is 5.14. The van der Waals surface area contributed by atoms with Crippen LogP contribution < -0.4 is 5.32 Å². The molecule has 0 fully saturated rings. The van der Waals surface area contributed by atoms with E-state index in [1.54, 1.807) is 6.92 Å². The molecule has 0 aliphatic heterocycles. The molecule has 0 spiro atoms. The summed E-state index contributed by atoms with van der Waals surface area (Å²) in [5.41, 5.74) is 0.246. The number of amides is 1. The molecule has 7 heteroatoms. The van der Waals surface area contributed by atoms with Gasteiger partial charge in [-0.1, -0.05) is 12.1 Å². The molecule has 0 bridgehead atoms. The van der Waals surface area contributed by atoms with E-state index in [0.717, 1.165) is 0 Å². The summed E-state index contributed by atoms with van der Waals surface area (Å²) in [6.07, 6.45) is -0.724. The van der Waals surface area contributed by atoms with Gasteiger partial charge in [0, 0.05) is 12.8 Å². The van der Waals surface area contributed by atoms with E-state index in [-0.39, 0.29) is 17.2 Å². The molecular formula is C7H14N2O4S. The van der Waals surface area contributed by atoms with Crippen molar-refractivity contribution in [1.82, 2.24) is 5.32 Å². The minimum atomic E-state index is -3.12. The molecular weight excluding hydrogens is 208 g/mol. The van der Waals surface area contributed by atoms with Crippen LogP contribution in [0.3, 0.4) is 0 Å². The molecule has 0 aliphatic carbocycles. The lowest BCUT2D eigenvalue weighted by atomic mass is 10.5. The molecule has 0 aliphatic rings. The van der Waals surface area contributed by atoms with Crippen LogP contribution in [0.4, 0.5) is 4.79 Å². The summed E-state index contributed by atoms with van der Waals surface area (Å²) in [6, 6.07) is 0. The number of hydrogen-bond acceptors (Lipinski definition) is 5. The van der Waals surface area contributed by atoms with Crippen LogP contribution in [0.2, 0.25) is 0 Å². The SMILES string of the molecule is CCS(=O)(=O)CC(C)=NOC(=O)NC. The lowest BCUT2D eigenvalue weighted by Gasteiger charge is -2.00. The van der Waals surface area contributed by atoms with Crippen molar-refractivity contribution in [1.29, 1.82) is 0 Å². The molecule has 82 valence electrons. The first kappa shape index (κ1) is 12.9. The van der Waals surface area contributed by atoms with Crippen molar-refractivity contribution in [3.8, 4) is 0 Å². The van der Waals surface area contributed by atoms with Gasteiger partial charge in [-0.25, -0.2) is 13.2 Å². The molecule has 0 heterocycles. The van der Waals surface area contributed by atoms with Crippen LogP contribution in [0.5, 0.6) is 0 Å². The number of nitrogens with zero attached hydrogens (tertiary/aromatic N) is 1. The maximum atomic E-state index is 11.1. The van der Waals surface area contributed by atoms with Crippen molar-refractivity contribution in [2.75, 3.05) is 18.6 Å². The van der Waals surface area contributed by atoms with Gasteiger partial charge in [0.15, 0.2) is 9.84 Å². The number of oxime groups is 1. The summed E-state index contributed by atoms with van der Waals surface area (Å²) >= 11 is 0. The zero-order chi connectivity index (χ0) is 11.2. The summed E-state index contributed by atoms with van der Waals surface area (Å²) in [6.45, 7) is 3.03. The monoisotopic (exact) mass is 222 g/mol. The second-order valence-corrected chi connectivity index (χ2v) is 4.99. The molecule has 0 saturated heterocycles. The highest BCUT2D eigenvalue weighted by atomic mass is 32.2. The third kappa shape index (κ3) is 5.52. The highest BCUT2D eigenvalue weighted by Gasteiger charge is 2.09. The van der Waals surface area contributed by atoms with Crippen LogP contribution in [-0.2, 0) is 14.7 Å². The van der Waals surface area contributed by atoms with Gasteiger partial charge in [0.1, 0.15) is 0 Å². The third-order valence-corrected chi connectivity index (χ3v) is 3.09.